The van der Waals surface area contributed by atoms with E-state index in [0.717, 1.165) is 61.2 Å². The highest BCUT2D eigenvalue weighted by Gasteiger charge is 2.52. The van der Waals surface area contributed by atoms with Gasteiger partial charge in [-0.3, -0.25) is 0 Å². The first-order chi connectivity index (χ1) is 34.7. The first-order valence-corrected chi connectivity index (χ1v) is 24.8. The summed E-state index contributed by atoms with van der Waals surface area (Å²) in [5.41, 5.74) is 21.7. The number of allylic oxidation sites excluding steroid dienone is 1. The fourth-order valence-electron chi connectivity index (χ4n) is 12.1. The molecule has 3 nitrogen and oxygen atoms in total. The number of rotatable bonds is 5. The molecule has 4 heteroatoms. The van der Waals surface area contributed by atoms with Crippen molar-refractivity contribution in [1.29, 1.82) is 0 Å². The molecule has 0 bridgehead atoms. The highest BCUT2D eigenvalue weighted by molar-refractivity contribution is 7.25. The molecule has 70 heavy (non-hydrogen) atoms. The molecular formula is C66H40N2OS. The van der Waals surface area contributed by atoms with Gasteiger partial charge in [0.05, 0.1) is 16.8 Å². The first kappa shape index (κ1) is 39.3. The number of thiophene rings is 1. The SMILES string of the molecule is C1=C(c2cccc3sc4ccccc4c23)N=C(c2cccc3oc4ccc(-c5ccc(-c6cccc7c6-c6ccccc6C76c7ccccc7-c7ccccc76)cc5)cc4c23)N=C(c2ccccc2)C1. The molecule has 3 heterocycles. The van der Waals surface area contributed by atoms with Crippen LogP contribution in [0.15, 0.2) is 245 Å². The van der Waals surface area contributed by atoms with Crippen molar-refractivity contribution in [2.45, 2.75) is 11.8 Å². The van der Waals surface area contributed by atoms with E-state index in [1.165, 1.54) is 75.8 Å². The van der Waals surface area contributed by atoms with Crippen LogP contribution in [0.3, 0.4) is 0 Å². The number of amidine groups is 1. The molecule has 1 spiro atoms. The van der Waals surface area contributed by atoms with E-state index >= 15 is 0 Å². The maximum Gasteiger partial charge on any atom is 0.160 e. The molecular weight excluding hydrogens is 869 g/mol. The Labute approximate surface area is 408 Å². The molecule has 0 atom stereocenters. The third-order valence-corrected chi connectivity index (χ3v) is 16.2. The van der Waals surface area contributed by atoms with Crippen LogP contribution >= 0.6 is 11.3 Å². The highest BCUT2D eigenvalue weighted by Crippen LogP contribution is 2.64. The van der Waals surface area contributed by atoms with Gasteiger partial charge in [-0.25, -0.2) is 9.98 Å². The van der Waals surface area contributed by atoms with Crippen molar-refractivity contribution >= 4 is 70.7 Å². The quantitative estimate of drug-likeness (QED) is 0.170. The summed E-state index contributed by atoms with van der Waals surface area (Å²) in [7, 11) is 0. The van der Waals surface area contributed by atoms with Gasteiger partial charge in [0, 0.05) is 48.5 Å². The Balaban J connectivity index is 0.854. The van der Waals surface area contributed by atoms with E-state index in [2.05, 4.69) is 231 Å². The van der Waals surface area contributed by atoms with E-state index in [4.69, 9.17) is 14.4 Å². The maximum atomic E-state index is 6.64. The number of benzene rings is 10. The molecule has 0 N–H and O–H groups in total. The summed E-state index contributed by atoms with van der Waals surface area (Å²) in [6.45, 7) is 0. The van der Waals surface area contributed by atoms with Crippen LogP contribution in [0.5, 0.6) is 0 Å². The molecule has 326 valence electrons. The molecule has 2 aliphatic carbocycles. The lowest BCUT2D eigenvalue weighted by Crippen LogP contribution is -2.25. The van der Waals surface area contributed by atoms with E-state index in [0.29, 0.717) is 12.3 Å². The van der Waals surface area contributed by atoms with Crippen LogP contribution in [-0.4, -0.2) is 11.5 Å². The number of fused-ring (bicyclic) bond motifs is 16. The van der Waals surface area contributed by atoms with Crippen molar-refractivity contribution in [3.05, 3.63) is 269 Å². The Hall–Kier alpha value is -8.70. The lowest BCUT2D eigenvalue weighted by atomic mass is 9.70. The largest absolute Gasteiger partial charge is 0.456 e. The predicted molar refractivity (Wildman–Crippen MR) is 292 cm³/mol. The normalized spacial score (nSPS) is 14.3. The average Bonchev–Trinajstić information content (AvgIpc) is 4.12. The van der Waals surface area contributed by atoms with Crippen LogP contribution in [-0.2, 0) is 5.41 Å². The van der Waals surface area contributed by atoms with Gasteiger partial charge >= 0.3 is 0 Å². The van der Waals surface area contributed by atoms with Gasteiger partial charge in [0.1, 0.15) is 11.2 Å². The summed E-state index contributed by atoms with van der Waals surface area (Å²) < 4.78 is 9.16. The van der Waals surface area contributed by atoms with Crippen molar-refractivity contribution in [3.63, 3.8) is 0 Å². The summed E-state index contributed by atoms with van der Waals surface area (Å²) >= 11 is 1.83. The lowest BCUT2D eigenvalue weighted by molar-refractivity contribution is 0.669. The molecule has 0 amide bonds. The van der Waals surface area contributed by atoms with Crippen molar-refractivity contribution in [2.24, 2.45) is 9.98 Å². The zero-order valence-corrected chi connectivity index (χ0v) is 38.7. The minimum atomic E-state index is -0.377. The molecule has 0 saturated carbocycles. The molecule has 0 saturated heterocycles. The van der Waals surface area contributed by atoms with Crippen LogP contribution in [0.2, 0.25) is 0 Å². The van der Waals surface area contributed by atoms with Gasteiger partial charge in [-0.2, -0.15) is 0 Å². The minimum Gasteiger partial charge on any atom is -0.456 e. The minimum absolute atomic E-state index is 0.377. The lowest BCUT2D eigenvalue weighted by Gasteiger charge is -2.30. The molecule has 2 aromatic heterocycles. The Morgan fingerprint density at radius 1 is 0.386 bits per heavy atom. The predicted octanol–water partition coefficient (Wildman–Crippen LogP) is 17.3. The van der Waals surface area contributed by atoms with E-state index < -0.39 is 0 Å². The van der Waals surface area contributed by atoms with Gasteiger partial charge in [0.15, 0.2) is 5.84 Å². The van der Waals surface area contributed by atoms with Crippen LogP contribution in [0.4, 0.5) is 0 Å². The number of furan rings is 1. The second-order valence-electron chi connectivity index (χ2n) is 18.6. The van der Waals surface area contributed by atoms with Gasteiger partial charge in [0.2, 0.25) is 0 Å². The van der Waals surface area contributed by atoms with E-state index in [1.54, 1.807) is 0 Å². The topological polar surface area (TPSA) is 37.9 Å². The summed E-state index contributed by atoms with van der Waals surface area (Å²) in [5, 5.41) is 4.53. The molecule has 10 aromatic carbocycles. The zero-order chi connectivity index (χ0) is 45.9. The fourth-order valence-corrected chi connectivity index (χ4v) is 13.2. The third-order valence-electron chi connectivity index (χ3n) is 15.0. The Morgan fingerprint density at radius 3 is 1.80 bits per heavy atom. The second kappa shape index (κ2) is 15.2. The Morgan fingerprint density at radius 2 is 0.986 bits per heavy atom. The van der Waals surface area contributed by atoms with Crippen molar-refractivity contribution < 1.29 is 4.42 Å². The number of hydrogen-bond donors (Lipinski definition) is 0. The second-order valence-corrected chi connectivity index (χ2v) is 19.7. The fraction of sp³-hybridized carbons (Fsp3) is 0.0303. The summed E-state index contributed by atoms with van der Waals surface area (Å²) in [5.74, 6) is 0.672. The Bertz CT molecular complexity index is 4220. The molecule has 15 rings (SSSR count). The monoisotopic (exact) mass is 908 g/mol. The van der Waals surface area contributed by atoms with Crippen molar-refractivity contribution in [3.8, 4) is 44.5 Å². The van der Waals surface area contributed by atoms with Gasteiger partial charge < -0.3 is 4.42 Å². The van der Waals surface area contributed by atoms with E-state index in [1.807, 2.05) is 11.3 Å². The van der Waals surface area contributed by atoms with Gasteiger partial charge in [-0.05, 0) is 103 Å². The first-order valence-electron chi connectivity index (χ1n) is 24.0. The molecule has 3 aliphatic rings. The van der Waals surface area contributed by atoms with Crippen LogP contribution in [0.25, 0.3) is 92.3 Å². The maximum absolute atomic E-state index is 6.64. The van der Waals surface area contributed by atoms with Crippen LogP contribution in [0.1, 0.15) is 45.4 Å². The zero-order valence-electron chi connectivity index (χ0n) is 37.9. The highest BCUT2D eigenvalue weighted by atomic mass is 32.1. The van der Waals surface area contributed by atoms with Crippen LogP contribution in [0, 0.1) is 0 Å². The summed E-state index contributed by atoms with van der Waals surface area (Å²) in [4.78, 5) is 11.0. The summed E-state index contributed by atoms with van der Waals surface area (Å²) in [6, 6.07) is 81.7. The summed E-state index contributed by atoms with van der Waals surface area (Å²) in [6.07, 6.45) is 2.90. The number of nitrogens with zero attached hydrogens (tertiary/aromatic N) is 2. The van der Waals surface area contributed by atoms with Crippen LogP contribution < -0.4 is 0 Å². The van der Waals surface area contributed by atoms with Crippen molar-refractivity contribution in [1.82, 2.24) is 0 Å². The molecule has 0 fully saturated rings. The van der Waals surface area contributed by atoms with E-state index in [9.17, 15) is 0 Å². The van der Waals surface area contributed by atoms with Gasteiger partial charge in [-0.15, -0.1) is 11.3 Å². The molecule has 1 aliphatic heterocycles. The molecule has 0 radical (unpaired) electrons. The Kier molecular flexibility index (Phi) is 8.51. The number of hydrogen-bond acceptors (Lipinski definition) is 4. The average molecular weight is 909 g/mol. The molecule has 0 unspecified atom stereocenters. The van der Waals surface area contributed by atoms with Gasteiger partial charge in [0.25, 0.3) is 0 Å². The van der Waals surface area contributed by atoms with E-state index in [-0.39, 0.29) is 5.41 Å². The standard InChI is InChI=1S/C66H40N2OS/c1-2-15-42(16-3-1)56-36-37-57(48-22-14-30-61-64(48)49-20-7-11-29-60(49)70-61)68-65(67-56)50-23-13-28-59-63(50)51-39-43(35-38-58(51)69-59)40-31-33-41(34-32-40)44-21-12-27-55-62(44)47-19-6-10-26-54(47)66(55)52-24-8-4-17-45(52)46-18-5-9-25-53(46)66/h1-35,37-39H,36H2. The smallest absolute Gasteiger partial charge is 0.160 e. The van der Waals surface area contributed by atoms with Crippen molar-refractivity contribution in [2.75, 3.05) is 0 Å². The third kappa shape index (κ3) is 5.62. The number of aliphatic imine (C=N–C) groups is 2. The molecule has 12 aromatic rings. The van der Waals surface area contributed by atoms with Gasteiger partial charge in [-0.1, -0.05) is 200 Å².